The number of nitrogens with zero attached hydrogens (tertiary/aromatic N) is 2. The number of hydrogen-bond donors (Lipinski definition) is 1. The lowest BCUT2D eigenvalue weighted by Crippen LogP contribution is -2.39. The molecule has 2 rings (SSSR count). The summed E-state index contributed by atoms with van der Waals surface area (Å²) in [7, 11) is 1.69. The fourth-order valence-electron chi connectivity index (χ4n) is 2.42. The molecule has 0 aliphatic carbocycles. The van der Waals surface area contributed by atoms with Crippen molar-refractivity contribution in [1.82, 2.24) is 4.90 Å². The van der Waals surface area contributed by atoms with E-state index in [2.05, 4.69) is 29.1 Å². The number of rotatable bonds is 3. The van der Waals surface area contributed by atoms with Crippen molar-refractivity contribution >= 4 is 5.71 Å². The van der Waals surface area contributed by atoms with Crippen molar-refractivity contribution in [2.24, 2.45) is 11.1 Å². The first kappa shape index (κ1) is 12.9. The molecule has 1 aromatic rings. The predicted molar refractivity (Wildman–Crippen MR) is 71.3 cm³/mol. The molecule has 1 aliphatic rings. The Morgan fingerprint density at radius 1 is 1.50 bits per heavy atom. The number of piperidine rings is 1. The second kappa shape index (κ2) is 5.87. The van der Waals surface area contributed by atoms with Gasteiger partial charge in [-0.3, -0.25) is 4.90 Å². The summed E-state index contributed by atoms with van der Waals surface area (Å²) in [5.74, 6) is 1.23. The molecule has 0 spiro atoms. The molecule has 1 unspecified atom stereocenters. The van der Waals surface area contributed by atoms with Crippen LogP contribution < -0.4 is 4.74 Å². The molecule has 0 radical (unpaired) electrons. The minimum Gasteiger partial charge on any atom is -0.497 e. The molecule has 1 aromatic carbocycles. The highest BCUT2D eigenvalue weighted by Gasteiger charge is 2.22. The van der Waals surface area contributed by atoms with Gasteiger partial charge in [0.05, 0.1) is 12.8 Å². The zero-order valence-corrected chi connectivity index (χ0v) is 11.0. The molecular weight excluding hydrogens is 228 g/mol. The lowest BCUT2D eigenvalue weighted by Gasteiger charge is -2.31. The van der Waals surface area contributed by atoms with Crippen LogP contribution >= 0.6 is 0 Å². The minimum absolute atomic E-state index is 0.328. The molecule has 1 N–H and O–H groups in total. The van der Waals surface area contributed by atoms with E-state index >= 15 is 0 Å². The first-order valence-corrected chi connectivity index (χ1v) is 6.29. The van der Waals surface area contributed by atoms with Crippen molar-refractivity contribution in [3.63, 3.8) is 0 Å². The van der Waals surface area contributed by atoms with Crippen LogP contribution in [0.3, 0.4) is 0 Å². The third-order valence-corrected chi connectivity index (χ3v) is 3.45. The molecule has 1 fully saturated rings. The Morgan fingerprint density at radius 3 is 3.00 bits per heavy atom. The molecule has 98 valence electrons. The average Bonchev–Trinajstić information content (AvgIpc) is 2.39. The van der Waals surface area contributed by atoms with Gasteiger partial charge in [-0.15, -0.1) is 0 Å². The molecule has 1 aliphatic heterocycles. The molecule has 1 heterocycles. The number of ether oxygens (including phenoxy) is 1. The van der Waals surface area contributed by atoms with Crippen molar-refractivity contribution in [2.75, 3.05) is 20.2 Å². The molecule has 1 atom stereocenters. The van der Waals surface area contributed by atoms with E-state index in [9.17, 15) is 0 Å². The van der Waals surface area contributed by atoms with E-state index in [0.717, 1.165) is 37.5 Å². The van der Waals surface area contributed by atoms with Gasteiger partial charge in [-0.05, 0) is 17.7 Å². The summed E-state index contributed by atoms with van der Waals surface area (Å²) in [5, 5.41) is 12.2. The maximum Gasteiger partial charge on any atom is 0.119 e. The number of methoxy groups -OCH3 is 1. The van der Waals surface area contributed by atoms with Crippen LogP contribution in [0, 0.1) is 5.92 Å². The maximum atomic E-state index is 8.86. The fraction of sp³-hybridized carbons (Fsp3) is 0.500. The van der Waals surface area contributed by atoms with Gasteiger partial charge < -0.3 is 9.94 Å². The van der Waals surface area contributed by atoms with Gasteiger partial charge in [-0.2, -0.15) is 0 Å². The zero-order chi connectivity index (χ0) is 13.0. The van der Waals surface area contributed by atoms with Crippen LogP contribution in [0.2, 0.25) is 0 Å². The molecule has 0 aromatic heterocycles. The highest BCUT2D eigenvalue weighted by Crippen LogP contribution is 2.18. The van der Waals surface area contributed by atoms with E-state index in [4.69, 9.17) is 9.94 Å². The van der Waals surface area contributed by atoms with Crippen molar-refractivity contribution in [3.05, 3.63) is 29.8 Å². The molecule has 4 heteroatoms. The van der Waals surface area contributed by atoms with Gasteiger partial charge in [0.25, 0.3) is 0 Å². The Labute approximate surface area is 108 Å². The van der Waals surface area contributed by atoms with Gasteiger partial charge in [-0.25, -0.2) is 0 Å². The van der Waals surface area contributed by atoms with Gasteiger partial charge in [-0.1, -0.05) is 24.2 Å². The van der Waals surface area contributed by atoms with Crippen molar-refractivity contribution < 1.29 is 9.94 Å². The summed E-state index contributed by atoms with van der Waals surface area (Å²) in [6.07, 6.45) is 0.849. The molecule has 0 amide bonds. The summed E-state index contributed by atoms with van der Waals surface area (Å²) in [5.41, 5.74) is 2.17. The first-order chi connectivity index (χ1) is 8.72. The van der Waals surface area contributed by atoms with Gasteiger partial charge in [0.15, 0.2) is 0 Å². The highest BCUT2D eigenvalue weighted by molar-refractivity contribution is 5.86. The van der Waals surface area contributed by atoms with Crippen LogP contribution in [0.4, 0.5) is 0 Å². The van der Waals surface area contributed by atoms with Crippen LogP contribution in [0.5, 0.6) is 5.75 Å². The summed E-state index contributed by atoms with van der Waals surface area (Å²) >= 11 is 0. The number of likely N-dealkylation sites (tertiary alicyclic amines) is 1. The topological polar surface area (TPSA) is 45.1 Å². The molecule has 4 nitrogen and oxygen atoms in total. The fourth-order valence-corrected chi connectivity index (χ4v) is 2.42. The van der Waals surface area contributed by atoms with E-state index in [1.54, 1.807) is 7.11 Å². The van der Waals surface area contributed by atoms with Crippen LogP contribution in [0.25, 0.3) is 0 Å². The van der Waals surface area contributed by atoms with Gasteiger partial charge in [0, 0.05) is 32.0 Å². The van der Waals surface area contributed by atoms with Gasteiger partial charge in [0.2, 0.25) is 0 Å². The first-order valence-electron chi connectivity index (χ1n) is 6.29. The summed E-state index contributed by atoms with van der Waals surface area (Å²) < 4.78 is 5.23. The lowest BCUT2D eigenvalue weighted by molar-refractivity contribution is 0.228. The Kier molecular flexibility index (Phi) is 4.20. The van der Waals surface area contributed by atoms with Crippen molar-refractivity contribution in [1.29, 1.82) is 0 Å². The Morgan fingerprint density at radius 2 is 2.33 bits per heavy atom. The third kappa shape index (κ3) is 3.01. The average molecular weight is 248 g/mol. The van der Waals surface area contributed by atoms with Crippen LogP contribution in [0.1, 0.15) is 18.9 Å². The Bertz CT molecular complexity index is 432. The zero-order valence-electron chi connectivity index (χ0n) is 11.0. The summed E-state index contributed by atoms with van der Waals surface area (Å²) in [6, 6.07) is 8.16. The van der Waals surface area contributed by atoms with Gasteiger partial charge in [0.1, 0.15) is 5.75 Å². The van der Waals surface area contributed by atoms with E-state index in [1.165, 1.54) is 5.56 Å². The largest absolute Gasteiger partial charge is 0.497 e. The van der Waals surface area contributed by atoms with E-state index in [-0.39, 0.29) is 0 Å². The Hall–Kier alpha value is -1.55. The monoisotopic (exact) mass is 248 g/mol. The summed E-state index contributed by atoms with van der Waals surface area (Å²) in [6.45, 7) is 4.91. The smallest absolute Gasteiger partial charge is 0.119 e. The van der Waals surface area contributed by atoms with Crippen LogP contribution in [-0.2, 0) is 6.54 Å². The second-order valence-electron chi connectivity index (χ2n) is 4.83. The lowest BCUT2D eigenvalue weighted by atomic mass is 9.97. The number of hydrogen-bond acceptors (Lipinski definition) is 4. The number of benzene rings is 1. The maximum absolute atomic E-state index is 8.86. The number of oxime groups is 1. The molecular formula is C14H20N2O2. The normalized spacial score (nSPS) is 23.2. The molecule has 1 saturated heterocycles. The Balaban J connectivity index is 1.98. The van der Waals surface area contributed by atoms with Gasteiger partial charge >= 0.3 is 0 Å². The van der Waals surface area contributed by atoms with E-state index in [1.807, 2.05) is 12.1 Å². The van der Waals surface area contributed by atoms with E-state index in [0.29, 0.717) is 5.92 Å². The van der Waals surface area contributed by atoms with Crippen molar-refractivity contribution in [3.8, 4) is 5.75 Å². The molecule has 18 heavy (non-hydrogen) atoms. The quantitative estimate of drug-likeness (QED) is 0.659. The standard InChI is InChI=1S/C14H20N2O2/c1-11-9-16(7-6-14(11)15-17)10-12-4-3-5-13(8-12)18-2/h3-5,8,11,17H,6-7,9-10H2,1-2H3/b15-14-. The minimum atomic E-state index is 0.328. The molecule has 0 bridgehead atoms. The highest BCUT2D eigenvalue weighted by atomic mass is 16.5. The van der Waals surface area contributed by atoms with Crippen LogP contribution in [-0.4, -0.2) is 36.0 Å². The third-order valence-electron chi connectivity index (χ3n) is 3.45. The SMILES string of the molecule is COc1cccc(CN2CC/C(=N/O)C(C)C2)c1. The van der Waals surface area contributed by atoms with Crippen LogP contribution in [0.15, 0.2) is 29.4 Å². The molecule has 0 saturated carbocycles. The summed E-state index contributed by atoms with van der Waals surface area (Å²) in [4.78, 5) is 2.38. The predicted octanol–water partition coefficient (Wildman–Crippen LogP) is 2.37. The van der Waals surface area contributed by atoms with E-state index < -0.39 is 0 Å². The van der Waals surface area contributed by atoms with Crippen molar-refractivity contribution in [2.45, 2.75) is 19.9 Å². The second-order valence-corrected chi connectivity index (χ2v) is 4.83.